The normalized spacial score (nSPS) is 11.4. The molecule has 0 N–H and O–H groups in total. The van der Waals surface area contributed by atoms with E-state index < -0.39 is 11.2 Å². The summed E-state index contributed by atoms with van der Waals surface area (Å²) in [5.41, 5.74) is 0.816. The Hall–Kier alpha value is -2.33. The molecule has 0 radical (unpaired) electrons. The SMILES string of the molecule is O=c1c(F)c2sc3ccccc3nc-2c2ccccc12. The lowest BCUT2D eigenvalue weighted by Crippen LogP contribution is -2.10. The first kappa shape index (κ1) is 11.5. The highest BCUT2D eigenvalue weighted by molar-refractivity contribution is 7.21. The standard InChI is InChI=1S/C16H8FNOS/c17-13-15(19)10-6-2-1-5-9(10)14-16(13)20-12-8-4-3-7-11(12)18-14/h1-8H. The fraction of sp³-hybridized carbons (Fsp3) is 0. The molecular formula is C16H8FNOS. The minimum Gasteiger partial charge on any atom is -0.286 e. The Morgan fingerprint density at radius 2 is 1.65 bits per heavy atom. The monoisotopic (exact) mass is 281 g/mol. The maximum atomic E-state index is 14.3. The van der Waals surface area contributed by atoms with Crippen molar-refractivity contribution in [3.05, 3.63) is 64.6 Å². The summed E-state index contributed by atoms with van der Waals surface area (Å²) in [5.74, 6) is -0.707. The molecule has 20 heavy (non-hydrogen) atoms. The van der Waals surface area contributed by atoms with Crippen LogP contribution in [-0.2, 0) is 0 Å². The van der Waals surface area contributed by atoms with Gasteiger partial charge in [0.2, 0.25) is 5.43 Å². The number of fused-ring (bicyclic) bond motifs is 4. The Kier molecular flexibility index (Phi) is 2.35. The van der Waals surface area contributed by atoms with Crippen LogP contribution in [0.2, 0.25) is 0 Å². The summed E-state index contributed by atoms with van der Waals surface area (Å²) in [7, 11) is 0. The van der Waals surface area contributed by atoms with Gasteiger partial charge in [0.1, 0.15) is 0 Å². The van der Waals surface area contributed by atoms with Gasteiger partial charge in [0.05, 0.1) is 20.8 Å². The van der Waals surface area contributed by atoms with E-state index in [4.69, 9.17) is 0 Å². The van der Waals surface area contributed by atoms with Crippen LogP contribution < -0.4 is 5.43 Å². The lowest BCUT2D eigenvalue weighted by atomic mass is 10.1. The lowest BCUT2D eigenvalue weighted by Gasteiger charge is -2.10. The third-order valence-electron chi connectivity index (χ3n) is 3.35. The van der Waals surface area contributed by atoms with Crippen molar-refractivity contribution in [3.8, 4) is 10.6 Å². The van der Waals surface area contributed by atoms with Crippen LogP contribution in [0.1, 0.15) is 0 Å². The van der Waals surface area contributed by atoms with Crippen molar-refractivity contribution in [2.45, 2.75) is 0 Å². The molecule has 0 aromatic heterocycles. The number of benzene rings is 3. The first-order valence-corrected chi connectivity index (χ1v) is 6.97. The molecule has 2 aromatic carbocycles. The molecule has 2 nitrogen and oxygen atoms in total. The Morgan fingerprint density at radius 1 is 0.950 bits per heavy atom. The topological polar surface area (TPSA) is 30.0 Å². The van der Waals surface area contributed by atoms with Gasteiger partial charge in [0.25, 0.3) is 0 Å². The number of rotatable bonds is 0. The van der Waals surface area contributed by atoms with Gasteiger partial charge in [-0.15, -0.1) is 11.3 Å². The molecule has 2 aromatic rings. The van der Waals surface area contributed by atoms with E-state index in [0.717, 1.165) is 10.2 Å². The van der Waals surface area contributed by atoms with Gasteiger partial charge in [0.15, 0.2) is 5.82 Å². The van der Waals surface area contributed by atoms with Gasteiger partial charge in [-0.2, -0.15) is 0 Å². The molecule has 1 heterocycles. The largest absolute Gasteiger partial charge is 0.286 e. The van der Waals surface area contributed by atoms with Gasteiger partial charge in [-0.25, -0.2) is 9.37 Å². The average Bonchev–Trinajstić information content (AvgIpc) is 2.51. The molecule has 96 valence electrons. The molecule has 0 bridgehead atoms. The predicted molar refractivity (Wildman–Crippen MR) is 80.0 cm³/mol. The first-order chi connectivity index (χ1) is 9.75. The maximum Gasteiger partial charge on any atom is 0.223 e. The third kappa shape index (κ3) is 1.48. The third-order valence-corrected chi connectivity index (χ3v) is 4.49. The number of halogens is 1. The number of aromatic nitrogens is 1. The fourth-order valence-electron chi connectivity index (χ4n) is 2.41. The van der Waals surface area contributed by atoms with Crippen LogP contribution in [-0.4, -0.2) is 4.98 Å². The van der Waals surface area contributed by atoms with Crippen molar-refractivity contribution < 1.29 is 4.39 Å². The summed E-state index contributed by atoms with van der Waals surface area (Å²) in [6.45, 7) is 0. The van der Waals surface area contributed by atoms with E-state index in [2.05, 4.69) is 4.98 Å². The average molecular weight is 281 g/mol. The number of hydrogen-bond donors (Lipinski definition) is 0. The Bertz CT molecular complexity index is 992. The van der Waals surface area contributed by atoms with Crippen LogP contribution in [0, 0.1) is 5.82 Å². The maximum absolute atomic E-state index is 14.3. The quantitative estimate of drug-likeness (QED) is 0.359. The van der Waals surface area contributed by atoms with Crippen molar-refractivity contribution in [1.29, 1.82) is 0 Å². The Labute approximate surface area is 117 Å². The molecule has 2 aliphatic rings. The lowest BCUT2D eigenvalue weighted by molar-refractivity contribution is 0.626. The van der Waals surface area contributed by atoms with Gasteiger partial charge in [0, 0.05) is 10.8 Å². The summed E-state index contributed by atoms with van der Waals surface area (Å²) < 4.78 is 15.2. The van der Waals surface area contributed by atoms with Crippen LogP contribution in [0.25, 0.3) is 31.6 Å². The molecule has 0 fully saturated rings. The zero-order valence-corrected chi connectivity index (χ0v) is 11.1. The molecule has 0 saturated heterocycles. The molecule has 0 saturated carbocycles. The molecule has 1 aliphatic heterocycles. The van der Waals surface area contributed by atoms with Crippen LogP contribution in [0.5, 0.6) is 0 Å². The number of para-hydroxylation sites is 1. The highest BCUT2D eigenvalue weighted by atomic mass is 32.1. The molecular weight excluding hydrogens is 273 g/mol. The molecule has 1 aliphatic carbocycles. The molecule has 4 heteroatoms. The smallest absolute Gasteiger partial charge is 0.223 e. The minimum absolute atomic E-state index is 0.326. The zero-order valence-electron chi connectivity index (χ0n) is 10.3. The van der Waals surface area contributed by atoms with E-state index in [1.165, 1.54) is 11.3 Å². The van der Waals surface area contributed by atoms with Crippen molar-refractivity contribution in [2.75, 3.05) is 0 Å². The van der Waals surface area contributed by atoms with E-state index in [9.17, 15) is 9.18 Å². The first-order valence-electron chi connectivity index (χ1n) is 6.15. The minimum atomic E-state index is -0.707. The summed E-state index contributed by atoms with van der Waals surface area (Å²) in [4.78, 5) is 16.9. The number of nitrogens with zero attached hydrogens (tertiary/aromatic N) is 1. The van der Waals surface area contributed by atoms with Crippen molar-refractivity contribution in [3.63, 3.8) is 0 Å². The van der Waals surface area contributed by atoms with Gasteiger partial charge in [-0.1, -0.05) is 36.4 Å². The highest BCUT2D eigenvalue weighted by Gasteiger charge is 2.20. The number of hydrogen-bond acceptors (Lipinski definition) is 3. The second-order valence-electron chi connectivity index (χ2n) is 4.55. The fourth-order valence-corrected chi connectivity index (χ4v) is 3.42. The predicted octanol–water partition coefficient (Wildman–Crippen LogP) is 4.05. The summed E-state index contributed by atoms with van der Waals surface area (Å²) in [6.07, 6.45) is 0. The van der Waals surface area contributed by atoms with E-state index in [1.54, 1.807) is 12.1 Å². The summed E-state index contributed by atoms with van der Waals surface area (Å²) >= 11 is 1.27. The molecule has 0 amide bonds. The Morgan fingerprint density at radius 3 is 2.50 bits per heavy atom. The Balaban J connectivity index is 2.34. The second kappa shape index (κ2) is 4.08. The van der Waals surface area contributed by atoms with E-state index >= 15 is 0 Å². The highest BCUT2D eigenvalue weighted by Crippen LogP contribution is 2.35. The van der Waals surface area contributed by atoms with Gasteiger partial charge in [-0.3, -0.25) is 4.79 Å². The van der Waals surface area contributed by atoms with Crippen LogP contribution in [0.15, 0.2) is 53.3 Å². The van der Waals surface area contributed by atoms with Gasteiger partial charge >= 0.3 is 0 Å². The van der Waals surface area contributed by atoms with E-state index in [1.807, 2.05) is 36.4 Å². The molecule has 0 spiro atoms. The van der Waals surface area contributed by atoms with Crippen molar-refractivity contribution in [2.24, 2.45) is 0 Å². The van der Waals surface area contributed by atoms with Crippen molar-refractivity contribution in [1.82, 2.24) is 4.98 Å². The molecule has 0 unspecified atom stereocenters. The van der Waals surface area contributed by atoms with E-state index in [-0.39, 0.29) is 0 Å². The van der Waals surface area contributed by atoms with Gasteiger partial charge < -0.3 is 0 Å². The zero-order chi connectivity index (χ0) is 13.7. The van der Waals surface area contributed by atoms with Crippen LogP contribution >= 0.6 is 11.3 Å². The van der Waals surface area contributed by atoms with E-state index in [0.29, 0.717) is 21.3 Å². The summed E-state index contributed by atoms with van der Waals surface area (Å²) in [5, 5.41) is 1.09. The van der Waals surface area contributed by atoms with Crippen LogP contribution in [0.4, 0.5) is 4.39 Å². The van der Waals surface area contributed by atoms with Crippen molar-refractivity contribution >= 4 is 32.3 Å². The van der Waals surface area contributed by atoms with Gasteiger partial charge in [-0.05, 0) is 12.1 Å². The van der Waals surface area contributed by atoms with Crippen LogP contribution in [0.3, 0.4) is 0 Å². The molecule has 0 atom stereocenters. The molecule has 4 rings (SSSR count). The summed E-state index contributed by atoms with van der Waals surface area (Å²) in [6, 6.07) is 14.6. The second-order valence-corrected chi connectivity index (χ2v) is 5.60.